The van der Waals surface area contributed by atoms with E-state index in [1.165, 1.54) is 7.11 Å². The predicted octanol–water partition coefficient (Wildman–Crippen LogP) is 3.55. The van der Waals surface area contributed by atoms with E-state index in [2.05, 4.69) is 6.92 Å². The van der Waals surface area contributed by atoms with Crippen LogP contribution in [0.15, 0.2) is 30.3 Å². The molecule has 2 rings (SSSR count). The number of hydrogen-bond donors (Lipinski definition) is 0. The monoisotopic (exact) mass is 319 g/mol. The molecule has 23 heavy (non-hydrogen) atoms. The van der Waals surface area contributed by atoms with Crippen LogP contribution < -0.4 is 0 Å². The number of hydrogen-bond acceptors (Lipinski definition) is 4. The third-order valence-electron chi connectivity index (χ3n) is 4.26. The zero-order valence-corrected chi connectivity index (χ0v) is 13.9. The fraction of sp³-hybridized carbons (Fsp3) is 0.556. The summed E-state index contributed by atoms with van der Waals surface area (Å²) in [6.45, 7) is 3.00. The van der Waals surface area contributed by atoms with Crippen LogP contribution in [0.1, 0.15) is 44.2 Å². The van der Waals surface area contributed by atoms with E-state index >= 15 is 0 Å². The Balaban J connectivity index is 2.08. The minimum absolute atomic E-state index is 0.0783. The molecule has 126 valence electrons. The van der Waals surface area contributed by atoms with Crippen molar-refractivity contribution in [2.75, 3.05) is 20.3 Å². The van der Waals surface area contributed by atoms with Gasteiger partial charge in [0.25, 0.3) is 0 Å². The molecule has 0 aromatic heterocycles. The van der Waals surface area contributed by atoms with Crippen LogP contribution in [0.4, 0.5) is 4.79 Å². The van der Waals surface area contributed by atoms with Crippen molar-refractivity contribution in [1.82, 2.24) is 4.90 Å². The normalized spacial score (nSPS) is 18.6. The molecule has 0 aliphatic carbocycles. The van der Waals surface area contributed by atoms with Crippen LogP contribution in [0.3, 0.4) is 0 Å². The topological polar surface area (TPSA) is 55.8 Å². The summed E-state index contributed by atoms with van der Waals surface area (Å²) >= 11 is 0. The first-order chi connectivity index (χ1) is 11.2. The number of esters is 1. The molecule has 5 nitrogen and oxygen atoms in total. The highest BCUT2D eigenvalue weighted by molar-refractivity contribution is 5.71. The maximum absolute atomic E-state index is 12.1. The Kier molecular flexibility index (Phi) is 6.44. The smallest absolute Gasteiger partial charge is 0.410 e. The van der Waals surface area contributed by atoms with Gasteiger partial charge < -0.3 is 9.47 Å². The first-order valence-electron chi connectivity index (χ1n) is 8.20. The SMILES string of the molecule is CCCC[C@@H](CC(=O)OC)CN1C(=O)OC[C@@H]1c1ccccc1. The summed E-state index contributed by atoms with van der Waals surface area (Å²) in [5, 5.41) is 0. The first-order valence-corrected chi connectivity index (χ1v) is 8.20. The van der Waals surface area contributed by atoms with Gasteiger partial charge in [-0.15, -0.1) is 0 Å². The highest BCUT2D eigenvalue weighted by Crippen LogP contribution is 2.30. The lowest BCUT2D eigenvalue weighted by Crippen LogP contribution is -2.33. The van der Waals surface area contributed by atoms with E-state index in [1.807, 2.05) is 30.3 Å². The van der Waals surface area contributed by atoms with Gasteiger partial charge in [0, 0.05) is 6.54 Å². The number of ether oxygens (including phenoxy) is 2. The molecule has 0 unspecified atom stereocenters. The summed E-state index contributed by atoms with van der Waals surface area (Å²) in [5.41, 5.74) is 1.06. The van der Waals surface area contributed by atoms with E-state index in [9.17, 15) is 9.59 Å². The number of nitrogens with zero attached hydrogens (tertiary/aromatic N) is 1. The van der Waals surface area contributed by atoms with Crippen molar-refractivity contribution in [3.8, 4) is 0 Å². The first kappa shape index (κ1) is 17.3. The number of cyclic esters (lactones) is 1. The second-order valence-corrected chi connectivity index (χ2v) is 5.94. The highest BCUT2D eigenvalue weighted by atomic mass is 16.6. The molecule has 2 atom stereocenters. The van der Waals surface area contributed by atoms with Gasteiger partial charge in [-0.1, -0.05) is 50.1 Å². The van der Waals surface area contributed by atoms with Crippen molar-refractivity contribution < 1.29 is 19.1 Å². The van der Waals surface area contributed by atoms with Gasteiger partial charge in [-0.2, -0.15) is 0 Å². The van der Waals surface area contributed by atoms with Gasteiger partial charge in [0.15, 0.2) is 0 Å². The van der Waals surface area contributed by atoms with E-state index < -0.39 is 0 Å². The molecule has 1 heterocycles. The average molecular weight is 319 g/mol. The van der Waals surface area contributed by atoms with Crippen LogP contribution in [0.5, 0.6) is 0 Å². The summed E-state index contributed by atoms with van der Waals surface area (Å²) in [5.74, 6) is -0.130. The Hall–Kier alpha value is -2.04. The maximum atomic E-state index is 12.1. The van der Waals surface area contributed by atoms with Crippen molar-refractivity contribution in [2.45, 2.75) is 38.6 Å². The molecular formula is C18H25NO4. The van der Waals surface area contributed by atoms with E-state index in [4.69, 9.17) is 9.47 Å². The van der Waals surface area contributed by atoms with Crippen molar-refractivity contribution >= 4 is 12.1 Å². The standard InChI is InChI=1S/C18H25NO4/c1-3-4-8-14(11-17(20)22-2)12-19-16(13-23-18(19)21)15-9-6-5-7-10-15/h5-7,9-10,14,16H,3-4,8,11-13H2,1-2H3/t14-,16+/m0/s1. The minimum atomic E-state index is -0.301. The van der Waals surface area contributed by atoms with Crippen LogP contribution >= 0.6 is 0 Å². The Morgan fingerprint density at radius 1 is 1.39 bits per heavy atom. The van der Waals surface area contributed by atoms with Gasteiger partial charge in [0.05, 0.1) is 19.6 Å². The number of carbonyl (C=O) groups excluding carboxylic acids is 2. The van der Waals surface area contributed by atoms with Crippen LogP contribution in [-0.4, -0.2) is 37.2 Å². The third kappa shape index (κ3) is 4.71. The molecule has 1 aromatic carbocycles. The Morgan fingerprint density at radius 2 is 2.13 bits per heavy atom. The quantitative estimate of drug-likeness (QED) is 0.688. The molecule has 1 aliphatic rings. The maximum Gasteiger partial charge on any atom is 0.410 e. The molecule has 1 aromatic rings. The van der Waals surface area contributed by atoms with Crippen LogP contribution in [0.2, 0.25) is 0 Å². The minimum Gasteiger partial charge on any atom is -0.469 e. The van der Waals surface area contributed by atoms with Gasteiger partial charge in [0.1, 0.15) is 6.61 Å². The Morgan fingerprint density at radius 3 is 2.78 bits per heavy atom. The van der Waals surface area contributed by atoms with Crippen molar-refractivity contribution in [3.63, 3.8) is 0 Å². The number of benzene rings is 1. The molecule has 1 amide bonds. The highest BCUT2D eigenvalue weighted by Gasteiger charge is 2.35. The molecule has 0 saturated carbocycles. The molecule has 0 N–H and O–H groups in total. The molecule has 0 radical (unpaired) electrons. The second kappa shape index (κ2) is 8.56. The third-order valence-corrected chi connectivity index (χ3v) is 4.26. The molecule has 5 heteroatoms. The van der Waals surface area contributed by atoms with E-state index in [-0.39, 0.29) is 24.0 Å². The lowest BCUT2D eigenvalue weighted by atomic mass is 9.96. The lowest BCUT2D eigenvalue weighted by molar-refractivity contribution is -0.141. The fourth-order valence-corrected chi connectivity index (χ4v) is 2.95. The molecule has 1 fully saturated rings. The lowest BCUT2D eigenvalue weighted by Gasteiger charge is -2.26. The molecule has 0 spiro atoms. The van der Waals surface area contributed by atoms with Gasteiger partial charge in [-0.05, 0) is 17.9 Å². The van der Waals surface area contributed by atoms with E-state index in [1.54, 1.807) is 4.90 Å². The van der Waals surface area contributed by atoms with Gasteiger partial charge in [-0.3, -0.25) is 9.69 Å². The van der Waals surface area contributed by atoms with E-state index in [0.29, 0.717) is 19.6 Å². The van der Waals surface area contributed by atoms with E-state index in [0.717, 1.165) is 24.8 Å². The van der Waals surface area contributed by atoms with Gasteiger partial charge in [0.2, 0.25) is 0 Å². The largest absolute Gasteiger partial charge is 0.469 e. The summed E-state index contributed by atoms with van der Waals surface area (Å²) in [4.78, 5) is 25.5. The summed E-state index contributed by atoms with van der Waals surface area (Å²) in [6.07, 6.45) is 3.02. The molecule has 0 bridgehead atoms. The zero-order valence-electron chi connectivity index (χ0n) is 13.9. The molecule has 1 saturated heterocycles. The number of rotatable bonds is 8. The van der Waals surface area contributed by atoms with Gasteiger partial charge in [-0.25, -0.2) is 4.79 Å². The van der Waals surface area contributed by atoms with Crippen LogP contribution in [0, 0.1) is 5.92 Å². The number of methoxy groups -OCH3 is 1. The Bertz CT molecular complexity index is 517. The zero-order chi connectivity index (χ0) is 16.7. The van der Waals surface area contributed by atoms with Crippen LogP contribution in [-0.2, 0) is 14.3 Å². The Labute approximate surface area is 137 Å². The molecule has 1 aliphatic heterocycles. The van der Waals surface area contributed by atoms with Crippen LogP contribution in [0.25, 0.3) is 0 Å². The number of unbranched alkanes of at least 4 members (excludes halogenated alkanes) is 1. The van der Waals surface area contributed by atoms with Crippen molar-refractivity contribution in [2.24, 2.45) is 5.92 Å². The van der Waals surface area contributed by atoms with Crippen molar-refractivity contribution in [3.05, 3.63) is 35.9 Å². The summed E-state index contributed by atoms with van der Waals surface area (Å²) < 4.78 is 10.0. The average Bonchev–Trinajstić information content (AvgIpc) is 2.94. The summed E-state index contributed by atoms with van der Waals surface area (Å²) in [6, 6.07) is 9.79. The number of amides is 1. The van der Waals surface area contributed by atoms with Crippen molar-refractivity contribution in [1.29, 1.82) is 0 Å². The number of carbonyl (C=O) groups is 2. The predicted molar refractivity (Wildman–Crippen MR) is 86.9 cm³/mol. The summed E-state index contributed by atoms with van der Waals surface area (Å²) in [7, 11) is 1.40. The molecular weight excluding hydrogens is 294 g/mol. The van der Waals surface area contributed by atoms with Gasteiger partial charge >= 0.3 is 12.1 Å². The fourth-order valence-electron chi connectivity index (χ4n) is 2.95. The second-order valence-electron chi connectivity index (χ2n) is 5.94.